The number of hydrogen-bond acceptors (Lipinski definition) is 5. The average Bonchev–Trinajstić information content (AvgIpc) is 3.11. The number of amides is 2. The van der Waals surface area contributed by atoms with Gasteiger partial charge in [-0.3, -0.25) is 14.6 Å². The molecule has 7 nitrogen and oxygen atoms in total. The van der Waals surface area contributed by atoms with Gasteiger partial charge in [0.25, 0.3) is 0 Å². The minimum atomic E-state index is -0.410. The number of carbonyl (C=O) groups is 2. The highest BCUT2D eigenvalue weighted by Crippen LogP contribution is 2.39. The first kappa shape index (κ1) is 20.2. The molecule has 0 aliphatic carbocycles. The van der Waals surface area contributed by atoms with Gasteiger partial charge >= 0.3 is 6.09 Å². The van der Waals surface area contributed by atoms with E-state index in [1.54, 1.807) is 0 Å². The Hall–Kier alpha value is -2.12. The molecule has 3 heterocycles. The van der Waals surface area contributed by atoms with Crippen LogP contribution in [0.1, 0.15) is 30.4 Å². The summed E-state index contributed by atoms with van der Waals surface area (Å²) in [6.45, 7) is 6.79. The van der Waals surface area contributed by atoms with Gasteiger partial charge in [0.2, 0.25) is 5.91 Å². The Morgan fingerprint density at radius 2 is 2.07 bits per heavy atom. The molecule has 3 aliphatic heterocycles. The van der Waals surface area contributed by atoms with Crippen molar-refractivity contribution >= 4 is 12.0 Å². The van der Waals surface area contributed by atoms with Crippen LogP contribution in [-0.2, 0) is 16.1 Å². The Kier molecular flexibility index (Phi) is 5.79. The minimum Gasteiger partial charge on any atom is -0.448 e. The number of aliphatic hydroxyl groups is 1. The molecule has 2 amide bonds. The van der Waals surface area contributed by atoms with Crippen LogP contribution in [0, 0.1) is 12.3 Å². The number of benzene rings is 1. The maximum Gasteiger partial charge on any atom is 0.410 e. The van der Waals surface area contributed by atoms with Crippen molar-refractivity contribution in [3.63, 3.8) is 0 Å². The molecule has 3 aliphatic rings. The summed E-state index contributed by atoms with van der Waals surface area (Å²) in [5.74, 6) is -0.0499. The predicted molar refractivity (Wildman–Crippen MR) is 108 cm³/mol. The Balaban J connectivity index is 1.43. The topological polar surface area (TPSA) is 73.3 Å². The van der Waals surface area contributed by atoms with E-state index < -0.39 is 12.2 Å². The highest BCUT2D eigenvalue weighted by atomic mass is 16.6. The van der Waals surface area contributed by atoms with E-state index in [9.17, 15) is 14.7 Å². The zero-order valence-electron chi connectivity index (χ0n) is 17.2. The van der Waals surface area contributed by atoms with Gasteiger partial charge in [0, 0.05) is 38.1 Å². The van der Waals surface area contributed by atoms with Gasteiger partial charge in [-0.2, -0.15) is 0 Å². The Labute approximate surface area is 172 Å². The van der Waals surface area contributed by atoms with E-state index in [0.717, 1.165) is 38.9 Å². The van der Waals surface area contributed by atoms with Gasteiger partial charge in [-0.1, -0.05) is 24.3 Å². The quantitative estimate of drug-likeness (QED) is 0.830. The molecule has 3 fully saturated rings. The fraction of sp³-hybridized carbons (Fsp3) is 0.636. The van der Waals surface area contributed by atoms with E-state index in [1.807, 2.05) is 4.90 Å². The summed E-state index contributed by atoms with van der Waals surface area (Å²) in [6, 6.07) is 8.43. The van der Waals surface area contributed by atoms with Crippen molar-refractivity contribution in [2.75, 3.05) is 45.9 Å². The molecular weight excluding hydrogens is 370 g/mol. The summed E-state index contributed by atoms with van der Waals surface area (Å²) in [7, 11) is 0. The summed E-state index contributed by atoms with van der Waals surface area (Å²) in [6.07, 6.45) is 1.72. The van der Waals surface area contributed by atoms with Crippen molar-refractivity contribution in [2.24, 2.45) is 5.41 Å². The molecule has 1 N–H and O–H groups in total. The van der Waals surface area contributed by atoms with Crippen LogP contribution in [0.4, 0.5) is 4.79 Å². The van der Waals surface area contributed by atoms with Crippen molar-refractivity contribution in [1.29, 1.82) is 0 Å². The second kappa shape index (κ2) is 8.32. The van der Waals surface area contributed by atoms with Crippen LogP contribution in [0.5, 0.6) is 0 Å². The lowest BCUT2D eigenvalue weighted by molar-refractivity contribution is -0.142. The third-order valence-electron chi connectivity index (χ3n) is 6.75. The molecule has 0 bridgehead atoms. The second-order valence-corrected chi connectivity index (χ2v) is 8.76. The van der Waals surface area contributed by atoms with Crippen LogP contribution < -0.4 is 0 Å². The van der Waals surface area contributed by atoms with Gasteiger partial charge in [-0.15, -0.1) is 0 Å². The largest absolute Gasteiger partial charge is 0.448 e. The molecule has 158 valence electrons. The Bertz CT molecular complexity index is 770. The number of likely N-dealkylation sites (tertiary alicyclic amines) is 2. The molecule has 29 heavy (non-hydrogen) atoms. The van der Waals surface area contributed by atoms with Crippen LogP contribution >= 0.6 is 0 Å². The molecule has 1 spiro atoms. The third-order valence-corrected chi connectivity index (χ3v) is 6.75. The standard InChI is InChI=1S/C22H31N3O4/c1-17-5-2-3-6-18(17)13-23-10-7-19(26)22(15-23)8-4-9-25(16-22)20(27)14-24-11-12-29-21(24)28/h2-3,5-6,19,26H,4,7-16H2,1H3/t19-,22-/m1/s1. The van der Waals surface area contributed by atoms with Gasteiger partial charge in [0.15, 0.2) is 0 Å². The average molecular weight is 402 g/mol. The molecule has 3 saturated heterocycles. The lowest BCUT2D eigenvalue weighted by atomic mass is 9.71. The molecule has 1 aromatic rings. The second-order valence-electron chi connectivity index (χ2n) is 8.76. The van der Waals surface area contributed by atoms with Crippen LogP contribution in [-0.4, -0.2) is 83.8 Å². The molecule has 1 aromatic carbocycles. The normalized spacial score (nSPS) is 28.1. The number of carbonyl (C=O) groups excluding carboxylic acids is 2. The van der Waals surface area contributed by atoms with E-state index in [2.05, 4.69) is 36.1 Å². The molecule has 0 unspecified atom stereocenters. The maximum absolute atomic E-state index is 12.8. The van der Waals surface area contributed by atoms with Crippen molar-refractivity contribution in [3.05, 3.63) is 35.4 Å². The molecule has 0 aromatic heterocycles. The Morgan fingerprint density at radius 1 is 1.24 bits per heavy atom. The van der Waals surface area contributed by atoms with Crippen LogP contribution in [0.3, 0.4) is 0 Å². The number of ether oxygens (including phenoxy) is 1. The van der Waals surface area contributed by atoms with Crippen molar-refractivity contribution in [1.82, 2.24) is 14.7 Å². The first-order valence-electron chi connectivity index (χ1n) is 10.6. The minimum absolute atomic E-state index is 0.0499. The number of aryl methyl sites for hydroxylation is 1. The summed E-state index contributed by atoms with van der Waals surface area (Å²) in [5, 5.41) is 10.9. The van der Waals surface area contributed by atoms with Crippen molar-refractivity contribution in [3.8, 4) is 0 Å². The first-order chi connectivity index (χ1) is 14.0. The van der Waals surface area contributed by atoms with Crippen molar-refractivity contribution < 1.29 is 19.4 Å². The zero-order valence-corrected chi connectivity index (χ0v) is 17.2. The van der Waals surface area contributed by atoms with Crippen LogP contribution in [0.2, 0.25) is 0 Å². The fourth-order valence-electron chi connectivity index (χ4n) is 5.01. The van der Waals surface area contributed by atoms with Gasteiger partial charge < -0.3 is 14.7 Å². The third kappa shape index (κ3) is 4.26. The van der Waals surface area contributed by atoms with Gasteiger partial charge in [-0.25, -0.2) is 4.79 Å². The fourth-order valence-corrected chi connectivity index (χ4v) is 5.01. The number of hydrogen-bond donors (Lipinski definition) is 1. The molecule has 7 heteroatoms. The smallest absolute Gasteiger partial charge is 0.410 e. The summed E-state index contributed by atoms with van der Waals surface area (Å²) < 4.78 is 4.93. The van der Waals surface area contributed by atoms with Crippen LogP contribution in [0.15, 0.2) is 24.3 Å². The molecular formula is C22H31N3O4. The highest BCUT2D eigenvalue weighted by Gasteiger charge is 2.46. The molecule has 2 atom stereocenters. The lowest BCUT2D eigenvalue weighted by Crippen LogP contribution is -2.60. The molecule has 0 saturated carbocycles. The number of rotatable bonds is 4. The van der Waals surface area contributed by atoms with E-state index in [1.165, 1.54) is 16.0 Å². The molecule has 4 rings (SSSR count). The van der Waals surface area contributed by atoms with E-state index in [0.29, 0.717) is 26.2 Å². The monoisotopic (exact) mass is 401 g/mol. The van der Waals surface area contributed by atoms with E-state index >= 15 is 0 Å². The number of piperidine rings is 2. The zero-order chi connectivity index (χ0) is 20.4. The van der Waals surface area contributed by atoms with Crippen LogP contribution in [0.25, 0.3) is 0 Å². The van der Waals surface area contributed by atoms with Gasteiger partial charge in [0.1, 0.15) is 13.2 Å². The predicted octanol–water partition coefficient (Wildman–Crippen LogP) is 1.62. The lowest BCUT2D eigenvalue weighted by Gasteiger charge is -2.51. The summed E-state index contributed by atoms with van der Waals surface area (Å²) in [5.41, 5.74) is 2.31. The summed E-state index contributed by atoms with van der Waals surface area (Å²) in [4.78, 5) is 30.2. The molecule has 0 radical (unpaired) electrons. The Morgan fingerprint density at radius 3 is 2.83 bits per heavy atom. The number of nitrogens with zero attached hydrogens (tertiary/aromatic N) is 3. The number of cyclic esters (lactones) is 1. The SMILES string of the molecule is Cc1ccccc1CN1CC[C@@H](O)[C@]2(CCCN(C(=O)CN3CCOC3=O)C2)C1. The highest BCUT2D eigenvalue weighted by molar-refractivity contribution is 5.83. The first-order valence-corrected chi connectivity index (χ1v) is 10.6. The van der Waals surface area contributed by atoms with Gasteiger partial charge in [0.05, 0.1) is 12.6 Å². The van der Waals surface area contributed by atoms with Crippen molar-refractivity contribution in [2.45, 2.75) is 38.8 Å². The summed E-state index contributed by atoms with van der Waals surface area (Å²) >= 11 is 0. The van der Waals surface area contributed by atoms with Gasteiger partial charge in [-0.05, 0) is 37.3 Å². The maximum atomic E-state index is 12.8. The van der Waals surface area contributed by atoms with E-state index in [4.69, 9.17) is 4.74 Å². The number of aliphatic hydroxyl groups excluding tert-OH is 1. The van der Waals surface area contributed by atoms with E-state index in [-0.39, 0.29) is 17.9 Å².